The molecule has 17 heavy (non-hydrogen) atoms. The Labute approximate surface area is 104 Å². The highest BCUT2D eigenvalue weighted by Gasteiger charge is 2.22. The number of rotatable bonds is 3. The van der Waals surface area contributed by atoms with Crippen molar-refractivity contribution in [3.05, 3.63) is 29.8 Å². The fraction of sp³-hybridized carbons (Fsp3) is 0.533. The van der Waals surface area contributed by atoms with Gasteiger partial charge in [-0.25, -0.2) is 0 Å². The van der Waals surface area contributed by atoms with Gasteiger partial charge in [-0.1, -0.05) is 19.1 Å². The van der Waals surface area contributed by atoms with E-state index in [1.54, 1.807) is 6.92 Å². The highest BCUT2D eigenvalue weighted by atomic mass is 16.1. The molecule has 0 aliphatic carbocycles. The Hall–Kier alpha value is -1.31. The number of piperidine rings is 1. The number of carbonyl (C=O) groups is 1. The van der Waals surface area contributed by atoms with Crippen LogP contribution in [0.1, 0.15) is 32.3 Å². The molecule has 0 unspecified atom stereocenters. The number of aryl methyl sites for hydroxylation is 1. The van der Waals surface area contributed by atoms with Crippen LogP contribution in [0.5, 0.6) is 0 Å². The first-order valence-corrected chi connectivity index (χ1v) is 6.55. The molecule has 1 heterocycles. The zero-order valence-electron chi connectivity index (χ0n) is 10.8. The van der Waals surface area contributed by atoms with E-state index in [-0.39, 0.29) is 0 Å². The van der Waals surface area contributed by atoms with Gasteiger partial charge in [0.05, 0.1) is 0 Å². The van der Waals surface area contributed by atoms with Crippen LogP contribution in [0, 0.1) is 5.92 Å². The van der Waals surface area contributed by atoms with E-state index in [0.29, 0.717) is 11.7 Å². The van der Waals surface area contributed by atoms with Gasteiger partial charge in [0.15, 0.2) is 0 Å². The molecule has 0 amide bonds. The lowest BCUT2D eigenvalue weighted by molar-refractivity contribution is -0.121. The summed E-state index contributed by atoms with van der Waals surface area (Å²) < 4.78 is 0. The third-order valence-corrected chi connectivity index (χ3v) is 3.78. The second-order valence-corrected chi connectivity index (χ2v) is 4.89. The summed E-state index contributed by atoms with van der Waals surface area (Å²) in [5.74, 6) is 0.646. The van der Waals surface area contributed by atoms with Crippen LogP contribution in [-0.2, 0) is 11.2 Å². The summed E-state index contributed by atoms with van der Waals surface area (Å²) in [5.41, 5.74) is 2.68. The van der Waals surface area contributed by atoms with Crippen molar-refractivity contribution < 1.29 is 4.79 Å². The number of carbonyl (C=O) groups excluding carboxylic acids is 1. The second kappa shape index (κ2) is 5.35. The minimum absolute atomic E-state index is 0.293. The lowest BCUT2D eigenvalue weighted by Gasteiger charge is -2.32. The van der Waals surface area contributed by atoms with Crippen molar-refractivity contribution in [2.45, 2.75) is 33.1 Å². The zero-order chi connectivity index (χ0) is 12.3. The van der Waals surface area contributed by atoms with Gasteiger partial charge < -0.3 is 4.90 Å². The van der Waals surface area contributed by atoms with Gasteiger partial charge in [-0.15, -0.1) is 0 Å². The maximum absolute atomic E-state index is 11.3. The van der Waals surface area contributed by atoms with Crippen LogP contribution in [0.15, 0.2) is 24.3 Å². The molecule has 2 heteroatoms. The van der Waals surface area contributed by atoms with E-state index in [2.05, 4.69) is 36.1 Å². The Morgan fingerprint density at radius 1 is 1.24 bits per heavy atom. The smallest absolute Gasteiger partial charge is 0.133 e. The minimum atomic E-state index is 0.293. The molecule has 0 radical (unpaired) electrons. The zero-order valence-corrected chi connectivity index (χ0v) is 10.8. The number of ketones is 1. The molecule has 1 aliphatic rings. The van der Waals surface area contributed by atoms with E-state index in [1.807, 2.05) is 0 Å². The molecule has 0 atom stereocenters. The summed E-state index contributed by atoms with van der Waals surface area (Å²) in [7, 11) is 0. The largest absolute Gasteiger partial charge is 0.371 e. The summed E-state index contributed by atoms with van der Waals surface area (Å²) >= 11 is 0. The van der Waals surface area contributed by atoms with Crippen LogP contribution in [0.25, 0.3) is 0 Å². The molecule has 1 saturated heterocycles. The molecule has 0 N–H and O–H groups in total. The number of hydrogen-bond donors (Lipinski definition) is 0. The summed E-state index contributed by atoms with van der Waals surface area (Å²) in [4.78, 5) is 13.7. The molecule has 0 aromatic heterocycles. The Morgan fingerprint density at radius 3 is 2.29 bits per heavy atom. The molecule has 1 aromatic carbocycles. The van der Waals surface area contributed by atoms with Crippen molar-refractivity contribution in [1.82, 2.24) is 0 Å². The van der Waals surface area contributed by atoms with Crippen molar-refractivity contribution >= 4 is 11.5 Å². The maximum atomic E-state index is 11.3. The third kappa shape index (κ3) is 2.87. The second-order valence-electron chi connectivity index (χ2n) is 4.89. The van der Waals surface area contributed by atoms with Crippen LogP contribution in [-0.4, -0.2) is 18.9 Å². The summed E-state index contributed by atoms with van der Waals surface area (Å²) in [6, 6.07) is 8.80. The molecule has 2 rings (SSSR count). The highest BCUT2D eigenvalue weighted by molar-refractivity contribution is 5.78. The van der Waals surface area contributed by atoms with Crippen molar-refractivity contribution in [2.75, 3.05) is 18.0 Å². The quantitative estimate of drug-likeness (QED) is 0.797. The van der Waals surface area contributed by atoms with E-state index in [0.717, 1.165) is 32.4 Å². The monoisotopic (exact) mass is 231 g/mol. The number of nitrogens with zero attached hydrogens (tertiary/aromatic N) is 1. The Bertz CT molecular complexity index is 374. The van der Waals surface area contributed by atoms with Gasteiger partial charge in [0.25, 0.3) is 0 Å². The molecule has 0 saturated carbocycles. The number of benzene rings is 1. The first-order chi connectivity index (χ1) is 8.20. The average Bonchev–Trinajstić information content (AvgIpc) is 2.39. The Balaban J connectivity index is 1.97. The minimum Gasteiger partial charge on any atom is -0.371 e. The maximum Gasteiger partial charge on any atom is 0.133 e. The molecule has 1 aliphatic heterocycles. The summed E-state index contributed by atoms with van der Waals surface area (Å²) in [6.45, 7) is 5.91. The van der Waals surface area contributed by atoms with E-state index in [4.69, 9.17) is 0 Å². The van der Waals surface area contributed by atoms with Crippen LogP contribution >= 0.6 is 0 Å². The normalized spacial score (nSPS) is 17.2. The average molecular weight is 231 g/mol. The van der Waals surface area contributed by atoms with E-state index in [9.17, 15) is 4.79 Å². The molecule has 1 aromatic rings. The van der Waals surface area contributed by atoms with Crippen molar-refractivity contribution in [3.63, 3.8) is 0 Å². The van der Waals surface area contributed by atoms with Crippen molar-refractivity contribution in [2.24, 2.45) is 5.92 Å². The van der Waals surface area contributed by atoms with E-state index < -0.39 is 0 Å². The van der Waals surface area contributed by atoms with Gasteiger partial charge >= 0.3 is 0 Å². The predicted octanol–water partition coefficient (Wildman–Crippen LogP) is 3.05. The summed E-state index contributed by atoms with van der Waals surface area (Å²) in [6.07, 6.45) is 3.10. The van der Waals surface area contributed by atoms with Gasteiger partial charge in [-0.2, -0.15) is 0 Å². The van der Waals surface area contributed by atoms with Crippen molar-refractivity contribution in [3.8, 4) is 0 Å². The molecule has 2 nitrogen and oxygen atoms in total. The lowest BCUT2D eigenvalue weighted by atomic mass is 9.93. The molecular weight excluding hydrogens is 210 g/mol. The Morgan fingerprint density at radius 2 is 1.82 bits per heavy atom. The van der Waals surface area contributed by atoms with Gasteiger partial charge in [-0.3, -0.25) is 4.79 Å². The topological polar surface area (TPSA) is 20.3 Å². The van der Waals surface area contributed by atoms with Gasteiger partial charge in [0, 0.05) is 24.7 Å². The highest BCUT2D eigenvalue weighted by Crippen LogP contribution is 2.24. The Kier molecular flexibility index (Phi) is 3.82. The van der Waals surface area contributed by atoms with Crippen LogP contribution in [0.2, 0.25) is 0 Å². The molecule has 0 bridgehead atoms. The predicted molar refractivity (Wildman–Crippen MR) is 71.4 cm³/mol. The first-order valence-electron chi connectivity index (χ1n) is 6.55. The van der Waals surface area contributed by atoms with Crippen LogP contribution in [0.3, 0.4) is 0 Å². The molecular formula is C15H21NO. The number of anilines is 1. The lowest BCUT2D eigenvalue weighted by Crippen LogP contribution is -2.35. The first kappa shape index (κ1) is 12.2. The molecule has 0 spiro atoms. The number of Topliss-reactive ketones (excluding diaryl/α,β-unsaturated/α-hetero) is 1. The SMILES string of the molecule is CCc1ccc(N2CCC(C(C)=O)CC2)cc1. The van der Waals surface area contributed by atoms with E-state index in [1.165, 1.54) is 11.3 Å². The van der Waals surface area contributed by atoms with Gasteiger partial charge in [0.1, 0.15) is 5.78 Å². The van der Waals surface area contributed by atoms with Crippen LogP contribution < -0.4 is 4.90 Å². The van der Waals surface area contributed by atoms with Gasteiger partial charge in [0.2, 0.25) is 0 Å². The number of hydrogen-bond acceptors (Lipinski definition) is 2. The standard InChI is InChI=1S/C15H21NO/c1-3-13-4-6-15(7-5-13)16-10-8-14(9-11-16)12(2)17/h4-7,14H,3,8-11H2,1-2H3. The summed E-state index contributed by atoms with van der Waals surface area (Å²) in [5, 5.41) is 0. The van der Waals surface area contributed by atoms with Gasteiger partial charge in [-0.05, 0) is 43.9 Å². The van der Waals surface area contributed by atoms with Crippen LogP contribution in [0.4, 0.5) is 5.69 Å². The molecule has 92 valence electrons. The third-order valence-electron chi connectivity index (χ3n) is 3.78. The van der Waals surface area contributed by atoms with E-state index >= 15 is 0 Å². The van der Waals surface area contributed by atoms with Crippen molar-refractivity contribution in [1.29, 1.82) is 0 Å². The fourth-order valence-electron chi connectivity index (χ4n) is 2.49. The fourth-order valence-corrected chi connectivity index (χ4v) is 2.49. The molecule has 1 fully saturated rings.